The Morgan fingerprint density at radius 2 is 1.72 bits per heavy atom. The lowest BCUT2D eigenvalue weighted by atomic mass is 10.0. The first-order chi connectivity index (χ1) is 8.39. The van der Waals surface area contributed by atoms with Crippen molar-refractivity contribution in [1.82, 2.24) is 8.61 Å². The van der Waals surface area contributed by atoms with E-state index in [0.717, 1.165) is 19.3 Å². The quantitative estimate of drug-likeness (QED) is 0.821. The van der Waals surface area contributed by atoms with Gasteiger partial charge in [-0.25, -0.2) is 0 Å². The molecule has 0 aliphatic carbocycles. The second kappa shape index (κ2) is 4.79. The van der Waals surface area contributed by atoms with E-state index < -0.39 is 21.7 Å². The summed E-state index contributed by atoms with van der Waals surface area (Å²) >= 11 is 0. The summed E-state index contributed by atoms with van der Waals surface area (Å²) < 4.78 is 27.6. The third kappa shape index (κ3) is 2.15. The van der Waals surface area contributed by atoms with Crippen molar-refractivity contribution in [3.63, 3.8) is 0 Å². The van der Waals surface area contributed by atoms with Gasteiger partial charge in [0.25, 0.3) is 10.2 Å². The standard InChI is InChI=1S/C11H20N2O4S/c1-11(10(14)15)6-5-9-13(11)18(16,17)12-7-3-2-4-8-12/h2-9H2,1H3,(H,14,15). The molecule has 2 rings (SSSR count). The number of carboxylic acid groups (broad SMARTS) is 1. The Bertz CT molecular complexity index is 430. The van der Waals surface area contributed by atoms with Gasteiger partial charge in [-0.3, -0.25) is 4.79 Å². The number of carbonyl (C=O) groups is 1. The molecule has 0 saturated carbocycles. The third-order valence-corrected chi connectivity index (χ3v) is 6.12. The van der Waals surface area contributed by atoms with Crippen molar-refractivity contribution >= 4 is 16.2 Å². The molecule has 1 unspecified atom stereocenters. The number of piperidine rings is 1. The molecular formula is C11H20N2O4S. The van der Waals surface area contributed by atoms with E-state index in [-0.39, 0.29) is 0 Å². The van der Waals surface area contributed by atoms with Gasteiger partial charge in [0.1, 0.15) is 5.54 Å². The first-order valence-corrected chi connectivity index (χ1v) is 7.80. The molecule has 2 heterocycles. The van der Waals surface area contributed by atoms with Gasteiger partial charge in [-0.15, -0.1) is 0 Å². The number of nitrogens with zero attached hydrogens (tertiary/aromatic N) is 2. The Hall–Kier alpha value is -0.660. The summed E-state index contributed by atoms with van der Waals surface area (Å²) in [6.07, 6.45) is 3.75. The summed E-state index contributed by atoms with van der Waals surface area (Å²) in [4.78, 5) is 11.3. The summed E-state index contributed by atoms with van der Waals surface area (Å²) in [6, 6.07) is 0. The maximum Gasteiger partial charge on any atom is 0.324 e. The summed E-state index contributed by atoms with van der Waals surface area (Å²) in [5, 5.41) is 9.28. The number of aliphatic carboxylic acids is 1. The Kier molecular flexibility index (Phi) is 3.66. The van der Waals surface area contributed by atoms with E-state index in [1.54, 1.807) is 0 Å². The molecule has 18 heavy (non-hydrogen) atoms. The zero-order valence-electron chi connectivity index (χ0n) is 10.6. The number of hydrogen-bond acceptors (Lipinski definition) is 3. The monoisotopic (exact) mass is 276 g/mol. The van der Waals surface area contributed by atoms with Gasteiger partial charge in [-0.1, -0.05) is 6.42 Å². The Labute approximate surface area is 108 Å². The van der Waals surface area contributed by atoms with Crippen LogP contribution < -0.4 is 0 Å². The van der Waals surface area contributed by atoms with Crippen molar-refractivity contribution in [2.75, 3.05) is 19.6 Å². The van der Waals surface area contributed by atoms with Crippen LogP contribution in [0.5, 0.6) is 0 Å². The molecule has 7 heteroatoms. The molecule has 2 fully saturated rings. The minimum absolute atomic E-state index is 0.307. The van der Waals surface area contributed by atoms with Crippen LogP contribution in [0.4, 0.5) is 0 Å². The fourth-order valence-electron chi connectivity index (χ4n) is 2.76. The highest BCUT2D eigenvalue weighted by atomic mass is 32.2. The van der Waals surface area contributed by atoms with Crippen LogP contribution in [0.3, 0.4) is 0 Å². The van der Waals surface area contributed by atoms with Crippen molar-refractivity contribution in [2.45, 2.75) is 44.6 Å². The van der Waals surface area contributed by atoms with Gasteiger partial charge in [0.2, 0.25) is 0 Å². The molecule has 0 bridgehead atoms. The van der Waals surface area contributed by atoms with Crippen molar-refractivity contribution in [1.29, 1.82) is 0 Å². The van der Waals surface area contributed by atoms with Gasteiger partial charge in [-0.2, -0.15) is 17.0 Å². The minimum atomic E-state index is -3.63. The summed E-state index contributed by atoms with van der Waals surface area (Å²) in [5.74, 6) is -1.06. The minimum Gasteiger partial charge on any atom is -0.480 e. The summed E-state index contributed by atoms with van der Waals surface area (Å²) in [5.41, 5.74) is -1.28. The molecule has 1 N–H and O–H groups in total. The predicted octanol–water partition coefficient (Wildman–Crippen LogP) is 0.656. The topological polar surface area (TPSA) is 77.9 Å². The molecule has 0 radical (unpaired) electrons. The lowest BCUT2D eigenvalue weighted by molar-refractivity contribution is -0.146. The Balaban J connectivity index is 2.26. The van der Waals surface area contributed by atoms with E-state index in [0.29, 0.717) is 32.5 Å². The molecule has 104 valence electrons. The zero-order chi connectivity index (χ0) is 13.4. The zero-order valence-corrected chi connectivity index (χ0v) is 11.4. The molecule has 6 nitrogen and oxygen atoms in total. The molecule has 0 aromatic rings. The van der Waals surface area contributed by atoms with Gasteiger partial charge < -0.3 is 5.11 Å². The highest BCUT2D eigenvalue weighted by molar-refractivity contribution is 7.86. The fraction of sp³-hybridized carbons (Fsp3) is 0.909. The second-order valence-electron chi connectivity index (χ2n) is 5.22. The number of carboxylic acids is 1. The summed E-state index contributed by atoms with van der Waals surface area (Å²) in [7, 11) is -3.63. The van der Waals surface area contributed by atoms with Gasteiger partial charge >= 0.3 is 5.97 Å². The van der Waals surface area contributed by atoms with Crippen LogP contribution in [0.25, 0.3) is 0 Å². The molecule has 0 amide bonds. The van der Waals surface area contributed by atoms with Crippen LogP contribution >= 0.6 is 0 Å². The van der Waals surface area contributed by atoms with Crippen molar-refractivity contribution < 1.29 is 18.3 Å². The van der Waals surface area contributed by atoms with Crippen LogP contribution in [0.15, 0.2) is 0 Å². The molecule has 2 saturated heterocycles. The SMILES string of the molecule is CC1(C(=O)O)CCCN1S(=O)(=O)N1CCCCC1. The number of rotatable bonds is 3. The number of hydrogen-bond donors (Lipinski definition) is 1. The molecular weight excluding hydrogens is 256 g/mol. The van der Waals surface area contributed by atoms with Crippen LogP contribution in [-0.4, -0.2) is 53.3 Å². The van der Waals surface area contributed by atoms with Crippen molar-refractivity contribution in [3.8, 4) is 0 Å². The lowest BCUT2D eigenvalue weighted by Gasteiger charge is -2.36. The van der Waals surface area contributed by atoms with E-state index in [2.05, 4.69) is 0 Å². The second-order valence-corrected chi connectivity index (χ2v) is 7.08. The first kappa shape index (κ1) is 13.8. The third-order valence-electron chi connectivity index (χ3n) is 3.96. The molecule has 0 spiro atoms. The van der Waals surface area contributed by atoms with Crippen LogP contribution in [0.2, 0.25) is 0 Å². The largest absolute Gasteiger partial charge is 0.480 e. The molecule has 0 aromatic carbocycles. The Morgan fingerprint density at radius 3 is 2.28 bits per heavy atom. The lowest BCUT2D eigenvalue weighted by Crippen LogP contribution is -2.56. The highest BCUT2D eigenvalue weighted by Gasteiger charge is 2.51. The van der Waals surface area contributed by atoms with Crippen molar-refractivity contribution in [3.05, 3.63) is 0 Å². The van der Waals surface area contributed by atoms with Gasteiger partial charge in [0, 0.05) is 19.6 Å². The van der Waals surface area contributed by atoms with E-state index in [4.69, 9.17) is 0 Å². The molecule has 1 atom stereocenters. The average Bonchev–Trinajstić information content (AvgIpc) is 2.75. The maximum absolute atomic E-state index is 12.5. The average molecular weight is 276 g/mol. The van der Waals surface area contributed by atoms with Gasteiger partial charge in [0.05, 0.1) is 0 Å². The van der Waals surface area contributed by atoms with Gasteiger partial charge in [0.15, 0.2) is 0 Å². The molecule has 2 aliphatic rings. The van der Waals surface area contributed by atoms with Crippen LogP contribution in [-0.2, 0) is 15.0 Å². The fourth-order valence-corrected chi connectivity index (χ4v) is 4.79. The van der Waals surface area contributed by atoms with Gasteiger partial charge in [-0.05, 0) is 32.6 Å². The summed E-state index contributed by atoms with van der Waals surface area (Å²) in [6.45, 7) is 2.83. The van der Waals surface area contributed by atoms with E-state index in [9.17, 15) is 18.3 Å². The Morgan fingerprint density at radius 1 is 1.11 bits per heavy atom. The normalized spacial score (nSPS) is 31.6. The smallest absolute Gasteiger partial charge is 0.324 e. The first-order valence-electron chi connectivity index (χ1n) is 6.40. The predicted molar refractivity (Wildman–Crippen MR) is 66.3 cm³/mol. The maximum atomic E-state index is 12.5. The van der Waals surface area contributed by atoms with Crippen LogP contribution in [0, 0.1) is 0 Å². The molecule has 2 aliphatic heterocycles. The van der Waals surface area contributed by atoms with Crippen molar-refractivity contribution in [2.24, 2.45) is 0 Å². The highest BCUT2D eigenvalue weighted by Crippen LogP contribution is 2.33. The van der Waals surface area contributed by atoms with E-state index in [1.807, 2.05) is 0 Å². The molecule has 0 aromatic heterocycles. The van der Waals surface area contributed by atoms with Crippen LogP contribution in [0.1, 0.15) is 39.0 Å². The van der Waals surface area contributed by atoms with E-state index in [1.165, 1.54) is 15.5 Å². The van der Waals surface area contributed by atoms with E-state index >= 15 is 0 Å².